The van der Waals surface area contributed by atoms with Crippen molar-refractivity contribution in [1.82, 2.24) is 4.57 Å². The molecule has 7 nitrogen and oxygen atoms in total. The molecule has 0 radical (unpaired) electrons. The van der Waals surface area contributed by atoms with Crippen molar-refractivity contribution in [2.75, 3.05) is 7.11 Å². The maximum absolute atomic E-state index is 12.1. The third-order valence-corrected chi connectivity index (χ3v) is 6.50. The molecule has 0 unspecified atom stereocenters. The number of nitro benzene ring substituents is 1. The molecule has 0 bridgehead atoms. The monoisotopic (exact) mass is 535 g/mol. The van der Waals surface area contributed by atoms with Gasteiger partial charge in [0.15, 0.2) is 0 Å². The number of hydrogen-bond acceptors (Lipinski definition) is 5. The number of aromatic nitrogens is 1. The van der Waals surface area contributed by atoms with Crippen LogP contribution in [-0.2, 0) is 4.74 Å². The smallest absolute Gasteiger partial charge is 0.337 e. The van der Waals surface area contributed by atoms with Gasteiger partial charge in [-0.25, -0.2) is 4.79 Å². The predicted molar refractivity (Wildman–Crippen MR) is 153 cm³/mol. The van der Waals surface area contributed by atoms with Gasteiger partial charge in [0.2, 0.25) is 0 Å². The lowest BCUT2D eigenvalue weighted by molar-refractivity contribution is -0.384. The molecule has 0 fully saturated rings. The second-order valence-electron chi connectivity index (χ2n) is 8.59. The van der Waals surface area contributed by atoms with Gasteiger partial charge in [0.1, 0.15) is 0 Å². The van der Waals surface area contributed by atoms with Crippen LogP contribution in [0.3, 0.4) is 0 Å². The van der Waals surface area contributed by atoms with E-state index >= 15 is 0 Å². The van der Waals surface area contributed by atoms with Crippen molar-refractivity contribution in [3.05, 3.63) is 135 Å². The highest BCUT2D eigenvalue weighted by Gasteiger charge is 2.19. The Bertz CT molecular complexity index is 1680. The van der Waals surface area contributed by atoms with Crippen molar-refractivity contribution in [2.45, 2.75) is 0 Å². The van der Waals surface area contributed by atoms with Gasteiger partial charge in [-0.1, -0.05) is 72.3 Å². The number of benzene rings is 4. The third kappa shape index (κ3) is 5.35. The van der Waals surface area contributed by atoms with Crippen LogP contribution in [0.5, 0.6) is 0 Å². The summed E-state index contributed by atoms with van der Waals surface area (Å²) in [6.45, 7) is 0. The van der Waals surface area contributed by atoms with E-state index in [0.29, 0.717) is 16.3 Å². The van der Waals surface area contributed by atoms with Gasteiger partial charge in [-0.3, -0.25) is 15.1 Å². The Labute approximate surface area is 229 Å². The van der Waals surface area contributed by atoms with E-state index in [9.17, 15) is 14.9 Å². The number of ether oxygens (including phenoxy) is 1. The summed E-state index contributed by atoms with van der Waals surface area (Å²) in [5.74, 6) is -0.415. The summed E-state index contributed by atoms with van der Waals surface area (Å²) in [6, 6.07) is 33.1. The lowest BCUT2D eigenvalue weighted by Gasteiger charge is -2.15. The molecular formula is C31H22ClN3O4. The van der Waals surface area contributed by atoms with Crippen LogP contribution in [0, 0.1) is 10.1 Å². The zero-order chi connectivity index (χ0) is 27.4. The third-order valence-electron chi connectivity index (χ3n) is 6.18. The van der Waals surface area contributed by atoms with Gasteiger partial charge < -0.3 is 9.30 Å². The predicted octanol–water partition coefficient (Wildman–Crippen LogP) is 7.91. The minimum absolute atomic E-state index is 0.0944. The van der Waals surface area contributed by atoms with E-state index in [1.807, 2.05) is 78.9 Å². The highest BCUT2D eigenvalue weighted by atomic mass is 35.5. The molecule has 0 saturated heterocycles. The van der Waals surface area contributed by atoms with Crippen molar-refractivity contribution in [3.63, 3.8) is 0 Å². The van der Waals surface area contributed by atoms with Crippen LogP contribution < -0.4 is 0 Å². The first-order valence-electron chi connectivity index (χ1n) is 12.0. The van der Waals surface area contributed by atoms with Gasteiger partial charge in [0.05, 0.1) is 39.7 Å². The summed E-state index contributed by atoms with van der Waals surface area (Å²) in [4.78, 5) is 27.4. The molecule has 0 spiro atoms. The van der Waals surface area contributed by atoms with Crippen LogP contribution in [-0.4, -0.2) is 28.8 Å². The number of carbonyl (C=O) groups excluding carboxylic acids is 1. The fraction of sp³-hybridized carbons (Fsp3) is 0.0323. The fourth-order valence-electron chi connectivity index (χ4n) is 4.33. The van der Waals surface area contributed by atoms with Crippen LogP contribution in [0.25, 0.3) is 28.2 Å². The topological polar surface area (TPSA) is 86.7 Å². The van der Waals surface area contributed by atoms with Gasteiger partial charge >= 0.3 is 5.97 Å². The molecule has 5 aromatic rings. The summed E-state index contributed by atoms with van der Waals surface area (Å²) in [5.41, 5.74) is 5.90. The number of nitro groups is 1. The summed E-state index contributed by atoms with van der Waals surface area (Å²) in [5, 5.41) is 11.6. The molecule has 5 rings (SSSR count). The van der Waals surface area contributed by atoms with E-state index in [4.69, 9.17) is 16.3 Å². The molecule has 0 aliphatic rings. The van der Waals surface area contributed by atoms with Crippen LogP contribution >= 0.6 is 11.6 Å². The van der Waals surface area contributed by atoms with Crippen LogP contribution in [0.4, 0.5) is 11.4 Å². The van der Waals surface area contributed by atoms with Crippen molar-refractivity contribution >= 4 is 35.2 Å². The molecule has 4 aromatic carbocycles. The summed E-state index contributed by atoms with van der Waals surface area (Å²) >= 11 is 6.33. The van der Waals surface area contributed by atoms with E-state index < -0.39 is 10.9 Å². The first-order chi connectivity index (χ1) is 19.0. The van der Waals surface area contributed by atoms with Crippen molar-refractivity contribution < 1.29 is 14.5 Å². The SMILES string of the molecule is COC(=O)c1ccc(-n2c(-c3ccccc3)cc(C=Nc3cc([N+](=O)[O-])ccc3Cl)c2-c2ccccc2)cc1. The number of aliphatic imine (C=N–C) groups is 1. The number of methoxy groups -OCH3 is 1. The Balaban J connectivity index is 1.74. The normalized spacial score (nSPS) is 11.0. The molecular weight excluding hydrogens is 514 g/mol. The Morgan fingerprint density at radius 3 is 2.15 bits per heavy atom. The van der Waals surface area contributed by atoms with Gasteiger partial charge in [-0.05, 0) is 47.5 Å². The van der Waals surface area contributed by atoms with Crippen molar-refractivity contribution in [3.8, 4) is 28.2 Å². The number of esters is 1. The number of non-ortho nitro benzene ring substituents is 1. The quantitative estimate of drug-likeness (QED) is 0.0916. The molecule has 39 heavy (non-hydrogen) atoms. The second kappa shape index (κ2) is 11.2. The molecule has 1 aromatic heterocycles. The number of rotatable bonds is 7. The lowest BCUT2D eigenvalue weighted by Crippen LogP contribution is -2.03. The number of halogens is 1. The van der Waals surface area contributed by atoms with Crippen LogP contribution in [0.15, 0.2) is 114 Å². The standard InChI is InChI=1S/C31H22ClN3O4/c1-39-31(36)23-12-14-25(15-13-23)34-29(21-8-4-2-5-9-21)18-24(30(34)22-10-6-3-7-11-22)20-33-28-19-26(35(37)38)16-17-27(28)32/h2-20H,1H3. The molecule has 8 heteroatoms. The molecule has 0 N–H and O–H groups in total. The van der Waals surface area contributed by atoms with Gasteiger partial charge in [-0.15, -0.1) is 0 Å². The van der Waals surface area contributed by atoms with Gasteiger partial charge in [0.25, 0.3) is 5.69 Å². The number of nitrogens with zero attached hydrogens (tertiary/aromatic N) is 3. The second-order valence-corrected chi connectivity index (χ2v) is 9.00. The van der Waals surface area contributed by atoms with Crippen molar-refractivity contribution in [2.24, 2.45) is 4.99 Å². The molecule has 0 aliphatic carbocycles. The fourth-order valence-corrected chi connectivity index (χ4v) is 4.49. The van der Waals surface area contributed by atoms with E-state index in [1.54, 1.807) is 18.3 Å². The van der Waals surface area contributed by atoms with Gasteiger partial charge in [0, 0.05) is 29.6 Å². The number of hydrogen-bond donors (Lipinski definition) is 0. The summed E-state index contributed by atoms with van der Waals surface area (Å²) < 4.78 is 6.96. The first-order valence-corrected chi connectivity index (χ1v) is 12.4. The van der Waals surface area contributed by atoms with Crippen LogP contribution in [0.2, 0.25) is 5.02 Å². The maximum atomic E-state index is 12.1. The van der Waals surface area contributed by atoms with Gasteiger partial charge in [-0.2, -0.15) is 0 Å². The zero-order valence-corrected chi connectivity index (χ0v) is 21.6. The summed E-state index contributed by atoms with van der Waals surface area (Å²) in [6.07, 6.45) is 1.67. The Morgan fingerprint density at radius 1 is 0.897 bits per heavy atom. The van der Waals surface area contributed by atoms with E-state index in [-0.39, 0.29) is 5.69 Å². The van der Waals surface area contributed by atoms with Crippen molar-refractivity contribution in [1.29, 1.82) is 0 Å². The lowest BCUT2D eigenvalue weighted by atomic mass is 10.1. The molecule has 0 amide bonds. The molecule has 0 aliphatic heterocycles. The Hall–Kier alpha value is -5.01. The first kappa shape index (κ1) is 25.6. The summed E-state index contributed by atoms with van der Waals surface area (Å²) in [7, 11) is 1.35. The zero-order valence-electron chi connectivity index (χ0n) is 20.8. The minimum Gasteiger partial charge on any atom is -0.465 e. The van der Waals surface area contributed by atoms with E-state index in [0.717, 1.165) is 33.8 Å². The largest absolute Gasteiger partial charge is 0.465 e. The minimum atomic E-state index is -0.479. The average molecular weight is 536 g/mol. The Kier molecular flexibility index (Phi) is 7.34. The highest BCUT2D eigenvalue weighted by molar-refractivity contribution is 6.33. The maximum Gasteiger partial charge on any atom is 0.337 e. The van der Waals surface area contributed by atoms with Crippen LogP contribution in [0.1, 0.15) is 15.9 Å². The van der Waals surface area contributed by atoms with E-state index in [2.05, 4.69) is 9.56 Å². The Morgan fingerprint density at radius 2 is 1.54 bits per heavy atom. The molecule has 192 valence electrons. The molecule has 0 saturated carbocycles. The average Bonchev–Trinajstić information content (AvgIpc) is 3.36. The highest BCUT2D eigenvalue weighted by Crippen LogP contribution is 2.36. The molecule has 1 heterocycles. The molecule has 0 atom stereocenters. The number of carbonyl (C=O) groups is 1. The van der Waals surface area contributed by atoms with E-state index in [1.165, 1.54) is 25.3 Å².